The first-order valence-corrected chi connectivity index (χ1v) is 6.98. The van der Waals surface area contributed by atoms with Gasteiger partial charge in [0.05, 0.1) is 36.8 Å². The highest BCUT2D eigenvalue weighted by Crippen LogP contribution is 2.17. The average Bonchev–Trinajstić information content (AvgIpc) is 3.29. The molecule has 8 nitrogen and oxygen atoms in total. The van der Waals surface area contributed by atoms with Gasteiger partial charge in [-0.1, -0.05) is 0 Å². The van der Waals surface area contributed by atoms with Crippen LogP contribution in [0.25, 0.3) is 0 Å². The van der Waals surface area contributed by atoms with Gasteiger partial charge in [-0.25, -0.2) is 14.6 Å². The Balaban J connectivity index is 1.53. The SMILES string of the molecule is O=C(c1ccoc1)N1CCn2c(Cn3cncn3)cnc2C1. The molecule has 0 aliphatic carbocycles. The monoisotopic (exact) mass is 298 g/mol. The van der Waals surface area contributed by atoms with E-state index in [-0.39, 0.29) is 5.91 Å². The highest BCUT2D eigenvalue weighted by Gasteiger charge is 2.24. The van der Waals surface area contributed by atoms with Gasteiger partial charge in [-0.2, -0.15) is 5.10 Å². The van der Waals surface area contributed by atoms with Crippen molar-refractivity contribution in [1.29, 1.82) is 0 Å². The number of carbonyl (C=O) groups excluding carboxylic acids is 1. The maximum atomic E-state index is 12.3. The van der Waals surface area contributed by atoms with E-state index in [1.807, 2.05) is 6.20 Å². The van der Waals surface area contributed by atoms with Crippen molar-refractivity contribution in [2.45, 2.75) is 19.6 Å². The minimum atomic E-state index is -0.0270. The molecule has 1 aliphatic heterocycles. The number of amides is 1. The Morgan fingerprint density at radius 3 is 3.09 bits per heavy atom. The molecule has 0 spiro atoms. The van der Waals surface area contributed by atoms with Crippen LogP contribution in [0.5, 0.6) is 0 Å². The third kappa shape index (κ3) is 2.18. The van der Waals surface area contributed by atoms with E-state index in [4.69, 9.17) is 4.42 Å². The van der Waals surface area contributed by atoms with Crippen LogP contribution >= 0.6 is 0 Å². The van der Waals surface area contributed by atoms with Crippen LogP contribution < -0.4 is 0 Å². The lowest BCUT2D eigenvalue weighted by Gasteiger charge is -2.28. The normalized spacial score (nSPS) is 14.1. The number of hydrogen-bond acceptors (Lipinski definition) is 5. The maximum Gasteiger partial charge on any atom is 0.257 e. The van der Waals surface area contributed by atoms with Gasteiger partial charge in [-0.05, 0) is 6.07 Å². The molecular formula is C14H14N6O2. The highest BCUT2D eigenvalue weighted by atomic mass is 16.3. The van der Waals surface area contributed by atoms with Crippen molar-refractivity contribution in [3.8, 4) is 0 Å². The van der Waals surface area contributed by atoms with Crippen LogP contribution in [0, 0.1) is 0 Å². The Labute approximate surface area is 126 Å². The van der Waals surface area contributed by atoms with Crippen molar-refractivity contribution < 1.29 is 9.21 Å². The van der Waals surface area contributed by atoms with E-state index in [1.165, 1.54) is 18.9 Å². The van der Waals surface area contributed by atoms with E-state index in [0.717, 1.165) is 18.1 Å². The zero-order valence-electron chi connectivity index (χ0n) is 11.8. The Bertz CT molecular complexity index is 774. The number of furan rings is 1. The first-order valence-electron chi connectivity index (χ1n) is 6.98. The number of imidazole rings is 1. The Hall–Kier alpha value is -2.90. The minimum absolute atomic E-state index is 0.0270. The second kappa shape index (κ2) is 5.14. The van der Waals surface area contributed by atoms with Gasteiger partial charge in [0.25, 0.3) is 5.91 Å². The molecule has 1 aliphatic rings. The molecule has 0 N–H and O–H groups in total. The third-order valence-electron chi connectivity index (χ3n) is 3.79. The summed E-state index contributed by atoms with van der Waals surface area (Å²) >= 11 is 0. The smallest absolute Gasteiger partial charge is 0.257 e. The summed E-state index contributed by atoms with van der Waals surface area (Å²) in [6.45, 7) is 2.50. The number of rotatable bonds is 3. The number of nitrogens with zero attached hydrogens (tertiary/aromatic N) is 6. The molecule has 0 radical (unpaired) electrons. The quantitative estimate of drug-likeness (QED) is 0.713. The predicted octanol–water partition coefficient (Wildman–Crippen LogP) is 0.772. The van der Waals surface area contributed by atoms with Crippen molar-refractivity contribution in [3.05, 3.63) is 54.5 Å². The van der Waals surface area contributed by atoms with Crippen LogP contribution in [0.4, 0.5) is 0 Å². The fraction of sp³-hybridized carbons (Fsp3) is 0.286. The number of fused-ring (bicyclic) bond motifs is 1. The Kier molecular flexibility index (Phi) is 2.99. The van der Waals surface area contributed by atoms with Crippen molar-refractivity contribution >= 4 is 5.91 Å². The first kappa shape index (κ1) is 12.8. The molecule has 8 heteroatoms. The van der Waals surface area contributed by atoms with E-state index >= 15 is 0 Å². The molecule has 0 saturated carbocycles. The molecule has 0 saturated heterocycles. The molecule has 0 atom stereocenters. The molecule has 3 aromatic heterocycles. The largest absolute Gasteiger partial charge is 0.472 e. The molecule has 3 aromatic rings. The zero-order chi connectivity index (χ0) is 14.9. The fourth-order valence-corrected chi connectivity index (χ4v) is 2.67. The van der Waals surface area contributed by atoms with Gasteiger partial charge >= 0.3 is 0 Å². The fourth-order valence-electron chi connectivity index (χ4n) is 2.67. The Morgan fingerprint density at radius 2 is 2.32 bits per heavy atom. The van der Waals surface area contributed by atoms with E-state index in [2.05, 4.69) is 19.6 Å². The van der Waals surface area contributed by atoms with Gasteiger partial charge in [0.1, 0.15) is 24.7 Å². The average molecular weight is 298 g/mol. The summed E-state index contributed by atoms with van der Waals surface area (Å²) in [4.78, 5) is 22.5. The summed E-state index contributed by atoms with van der Waals surface area (Å²) in [7, 11) is 0. The van der Waals surface area contributed by atoms with Gasteiger partial charge in [0.2, 0.25) is 0 Å². The second-order valence-electron chi connectivity index (χ2n) is 5.15. The molecule has 4 heterocycles. The second-order valence-corrected chi connectivity index (χ2v) is 5.15. The van der Waals surface area contributed by atoms with E-state index in [1.54, 1.807) is 22.0 Å². The summed E-state index contributed by atoms with van der Waals surface area (Å²) in [6.07, 6.45) is 8.01. The third-order valence-corrected chi connectivity index (χ3v) is 3.79. The van der Waals surface area contributed by atoms with Crippen LogP contribution in [-0.4, -0.2) is 41.7 Å². The summed E-state index contributed by atoms with van der Waals surface area (Å²) in [5.74, 6) is 0.860. The highest BCUT2D eigenvalue weighted by molar-refractivity contribution is 5.93. The molecule has 0 aromatic carbocycles. The van der Waals surface area contributed by atoms with Crippen LogP contribution in [-0.2, 0) is 19.6 Å². The molecule has 112 valence electrons. The van der Waals surface area contributed by atoms with E-state index in [9.17, 15) is 4.79 Å². The van der Waals surface area contributed by atoms with Gasteiger partial charge in [-0.3, -0.25) is 4.79 Å². The molecule has 0 fully saturated rings. The number of carbonyl (C=O) groups is 1. The van der Waals surface area contributed by atoms with Gasteiger partial charge < -0.3 is 13.9 Å². The standard InChI is InChI=1S/C14H14N6O2/c21-14(11-1-4-22-8-11)18-2-3-20-12(5-16-13(20)7-18)6-19-10-15-9-17-19/h1,4-5,8-10H,2-3,6-7H2. The lowest BCUT2D eigenvalue weighted by molar-refractivity contribution is 0.0705. The summed E-state index contributed by atoms with van der Waals surface area (Å²) in [5, 5.41) is 4.11. The molecule has 4 rings (SSSR count). The number of hydrogen-bond donors (Lipinski definition) is 0. The lowest BCUT2D eigenvalue weighted by atomic mass is 10.2. The molecule has 0 unspecified atom stereocenters. The number of aromatic nitrogens is 5. The first-order chi connectivity index (χ1) is 10.8. The maximum absolute atomic E-state index is 12.3. The van der Waals surface area contributed by atoms with Crippen molar-refractivity contribution in [3.63, 3.8) is 0 Å². The predicted molar refractivity (Wildman–Crippen MR) is 74.8 cm³/mol. The molecule has 22 heavy (non-hydrogen) atoms. The molecule has 0 bridgehead atoms. The molecular weight excluding hydrogens is 284 g/mol. The van der Waals surface area contributed by atoms with Crippen molar-refractivity contribution in [2.75, 3.05) is 6.54 Å². The molecule has 1 amide bonds. The summed E-state index contributed by atoms with van der Waals surface area (Å²) in [5.41, 5.74) is 1.64. The van der Waals surface area contributed by atoms with Gasteiger partial charge in [-0.15, -0.1) is 0 Å². The van der Waals surface area contributed by atoms with Gasteiger partial charge in [0.15, 0.2) is 0 Å². The Morgan fingerprint density at radius 1 is 1.36 bits per heavy atom. The van der Waals surface area contributed by atoms with E-state index < -0.39 is 0 Å². The van der Waals surface area contributed by atoms with Crippen LogP contribution in [0.3, 0.4) is 0 Å². The van der Waals surface area contributed by atoms with Crippen molar-refractivity contribution in [1.82, 2.24) is 29.2 Å². The zero-order valence-corrected chi connectivity index (χ0v) is 11.8. The van der Waals surface area contributed by atoms with Crippen LogP contribution in [0.1, 0.15) is 21.9 Å². The van der Waals surface area contributed by atoms with Gasteiger partial charge in [0, 0.05) is 13.1 Å². The minimum Gasteiger partial charge on any atom is -0.472 e. The summed E-state index contributed by atoms with van der Waals surface area (Å²) < 4.78 is 8.87. The van der Waals surface area contributed by atoms with Crippen LogP contribution in [0.2, 0.25) is 0 Å². The lowest BCUT2D eigenvalue weighted by Crippen LogP contribution is -2.38. The summed E-state index contributed by atoms with van der Waals surface area (Å²) in [6, 6.07) is 1.68. The van der Waals surface area contributed by atoms with Crippen molar-refractivity contribution in [2.24, 2.45) is 0 Å². The topological polar surface area (TPSA) is 82.0 Å². The van der Waals surface area contributed by atoms with Crippen LogP contribution in [0.15, 0.2) is 41.9 Å². The van der Waals surface area contributed by atoms with E-state index in [0.29, 0.717) is 25.2 Å².